The summed E-state index contributed by atoms with van der Waals surface area (Å²) in [6.45, 7) is 5.92. The molecular formula is C20H18N4O2S. The monoisotopic (exact) mass is 378 g/mol. The first-order chi connectivity index (χ1) is 13.1. The van der Waals surface area contributed by atoms with Crippen LogP contribution in [0.4, 0.5) is 0 Å². The van der Waals surface area contributed by atoms with Gasteiger partial charge in [0.15, 0.2) is 5.16 Å². The average Bonchev–Trinajstić information content (AvgIpc) is 3.10. The van der Waals surface area contributed by atoms with Gasteiger partial charge in [-0.3, -0.25) is 9.20 Å². The van der Waals surface area contributed by atoms with Gasteiger partial charge in [-0.1, -0.05) is 42.1 Å². The fourth-order valence-corrected chi connectivity index (χ4v) is 3.73. The van der Waals surface area contributed by atoms with E-state index in [2.05, 4.69) is 16.8 Å². The molecule has 0 aliphatic rings. The standard InChI is InChI=1S/C20H18N4O2S/c1-13(2)12-27-20-22-21-19-23(14-7-6-8-15(11-14)26-3)18(25)16-9-4-5-10-17(16)24(19)20/h4-11H,1,12H2,2-3H3. The second-order valence-electron chi connectivity index (χ2n) is 6.22. The van der Waals surface area contributed by atoms with Crippen LogP contribution >= 0.6 is 11.8 Å². The molecule has 4 aromatic rings. The van der Waals surface area contributed by atoms with Crippen molar-refractivity contribution >= 4 is 28.4 Å². The summed E-state index contributed by atoms with van der Waals surface area (Å²) >= 11 is 1.55. The molecule has 2 aromatic carbocycles. The van der Waals surface area contributed by atoms with Crippen molar-refractivity contribution in [1.82, 2.24) is 19.2 Å². The van der Waals surface area contributed by atoms with E-state index >= 15 is 0 Å². The van der Waals surface area contributed by atoms with Crippen LogP contribution in [0.25, 0.3) is 22.4 Å². The molecule has 4 rings (SSSR count). The first-order valence-electron chi connectivity index (χ1n) is 8.40. The number of hydrogen-bond donors (Lipinski definition) is 0. The van der Waals surface area contributed by atoms with E-state index in [0.29, 0.717) is 22.6 Å². The predicted octanol–water partition coefficient (Wildman–Crippen LogP) is 3.71. The predicted molar refractivity (Wildman–Crippen MR) is 108 cm³/mol. The number of rotatable bonds is 5. The lowest BCUT2D eigenvalue weighted by molar-refractivity contribution is 0.414. The maximum Gasteiger partial charge on any atom is 0.267 e. The topological polar surface area (TPSA) is 61.4 Å². The van der Waals surface area contributed by atoms with Crippen LogP contribution in [0.5, 0.6) is 5.75 Å². The maximum atomic E-state index is 13.2. The Bertz CT molecular complexity index is 1230. The number of fused-ring (bicyclic) bond motifs is 3. The molecule has 0 unspecified atom stereocenters. The van der Waals surface area contributed by atoms with E-state index in [1.807, 2.05) is 59.9 Å². The molecule has 0 amide bonds. The fraction of sp³-hybridized carbons (Fsp3) is 0.150. The highest BCUT2D eigenvalue weighted by Crippen LogP contribution is 2.25. The summed E-state index contributed by atoms with van der Waals surface area (Å²) in [6, 6.07) is 14.8. The molecule has 7 heteroatoms. The number of methoxy groups -OCH3 is 1. The molecule has 0 radical (unpaired) electrons. The van der Waals surface area contributed by atoms with Crippen LogP contribution in [-0.2, 0) is 0 Å². The van der Waals surface area contributed by atoms with Crippen molar-refractivity contribution in [3.05, 3.63) is 71.0 Å². The molecule has 0 fully saturated rings. The van der Waals surface area contributed by atoms with Gasteiger partial charge in [-0.05, 0) is 31.2 Å². The molecular weight excluding hydrogens is 360 g/mol. The third-order valence-electron chi connectivity index (χ3n) is 4.15. The maximum absolute atomic E-state index is 13.2. The van der Waals surface area contributed by atoms with E-state index in [1.165, 1.54) is 0 Å². The van der Waals surface area contributed by atoms with Crippen molar-refractivity contribution in [2.45, 2.75) is 12.1 Å². The van der Waals surface area contributed by atoms with Crippen molar-refractivity contribution in [3.63, 3.8) is 0 Å². The highest BCUT2D eigenvalue weighted by Gasteiger charge is 2.18. The summed E-state index contributed by atoms with van der Waals surface area (Å²) in [7, 11) is 1.60. The number of para-hydroxylation sites is 1. The zero-order valence-electron chi connectivity index (χ0n) is 15.0. The molecule has 6 nitrogen and oxygen atoms in total. The van der Waals surface area contributed by atoms with Crippen molar-refractivity contribution < 1.29 is 4.74 Å². The van der Waals surface area contributed by atoms with Gasteiger partial charge < -0.3 is 4.74 Å². The van der Waals surface area contributed by atoms with Gasteiger partial charge >= 0.3 is 0 Å². The summed E-state index contributed by atoms with van der Waals surface area (Å²) < 4.78 is 8.81. The minimum absolute atomic E-state index is 0.143. The summed E-state index contributed by atoms with van der Waals surface area (Å²) in [5, 5.41) is 9.98. The minimum atomic E-state index is -0.143. The van der Waals surface area contributed by atoms with Gasteiger partial charge in [-0.25, -0.2) is 4.57 Å². The molecule has 0 aliphatic heterocycles. The fourth-order valence-electron chi connectivity index (χ4n) is 2.94. The zero-order chi connectivity index (χ0) is 19.0. The normalized spacial score (nSPS) is 11.2. The van der Waals surface area contributed by atoms with Crippen LogP contribution in [0.15, 0.2) is 70.6 Å². The molecule has 136 valence electrons. The van der Waals surface area contributed by atoms with Crippen LogP contribution in [-0.4, -0.2) is 32.0 Å². The quantitative estimate of drug-likeness (QED) is 0.391. The van der Waals surface area contributed by atoms with Gasteiger partial charge in [-0.2, -0.15) is 0 Å². The molecule has 2 heterocycles. The summed E-state index contributed by atoms with van der Waals surface area (Å²) in [4.78, 5) is 13.2. The molecule has 2 aromatic heterocycles. The highest BCUT2D eigenvalue weighted by molar-refractivity contribution is 7.99. The van der Waals surface area contributed by atoms with E-state index in [4.69, 9.17) is 4.74 Å². The summed E-state index contributed by atoms with van der Waals surface area (Å²) in [6.07, 6.45) is 0. The first-order valence-corrected chi connectivity index (χ1v) is 9.39. The number of benzene rings is 2. The molecule has 0 N–H and O–H groups in total. The Labute approximate surface area is 160 Å². The molecule has 0 aliphatic carbocycles. The van der Waals surface area contributed by atoms with Gasteiger partial charge in [-0.15, -0.1) is 10.2 Å². The number of thioether (sulfide) groups is 1. The lowest BCUT2D eigenvalue weighted by Crippen LogP contribution is -2.21. The Morgan fingerprint density at radius 3 is 2.78 bits per heavy atom. The number of hydrogen-bond acceptors (Lipinski definition) is 5. The molecule has 0 spiro atoms. The third-order valence-corrected chi connectivity index (χ3v) is 5.31. The second-order valence-corrected chi connectivity index (χ2v) is 7.17. The van der Waals surface area contributed by atoms with Crippen LogP contribution < -0.4 is 10.3 Å². The van der Waals surface area contributed by atoms with Gasteiger partial charge in [0.1, 0.15) is 5.75 Å². The van der Waals surface area contributed by atoms with E-state index in [0.717, 1.165) is 22.0 Å². The third kappa shape index (κ3) is 3.00. The second kappa shape index (κ2) is 6.92. The lowest BCUT2D eigenvalue weighted by atomic mass is 10.2. The van der Waals surface area contributed by atoms with Crippen molar-refractivity contribution in [1.29, 1.82) is 0 Å². The van der Waals surface area contributed by atoms with Crippen LogP contribution in [0, 0.1) is 0 Å². The van der Waals surface area contributed by atoms with E-state index in [-0.39, 0.29) is 5.56 Å². The van der Waals surface area contributed by atoms with E-state index in [9.17, 15) is 4.79 Å². The number of aromatic nitrogens is 4. The van der Waals surface area contributed by atoms with Gasteiger partial charge in [0.2, 0.25) is 5.78 Å². The minimum Gasteiger partial charge on any atom is -0.497 e. The number of nitrogens with zero attached hydrogens (tertiary/aromatic N) is 4. The Kier molecular flexibility index (Phi) is 4.45. The van der Waals surface area contributed by atoms with Gasteiger partial charge in [0.05, 0.1) is 23.7 Å². The Morgan fingerprint density at radius 2 is 2.00 bits per heavy atom. The van der Waals surface area contributed by atoms with E-state index < -0.39 is 0 Å². The molecule has 27 heavy (non-hydrogen) atoms. The van der Waals surface area contributed by atoms with Crippen molar-refractivity contribution in [3.8, 4) is 11.4 Å². The smallest absolute Gasteiger partial charge is 0.267 e. The molecule has 0 bridgehead atoms. The number of ether oxygens (including phenoxy) is 1. The molecule has 0 atom stereocenters. The summed E-state index contributed by atoms with van der Waals surface area (Å²) in [5.41, 5.74) is 2.36. The van der Waals surface area contributed by atoms with Gasteiger partial charge in [0, 0.05) is 11.8 Å². The Hall–Kier alpha value is -3.06. The average molecular weight is 378 g/mol. The first kappa shape index (κ1) is 17.4. The molecule has 0 saturated heterocycles. The Balaban J connectivity index is 2.07. The van der Waals surface area contributed by atoms with Gasteiger partial charge in [0.25, 0.3) is 5.56 Å². The zero-order valence-corrected chi connectivity index (χ0v) is 15.9. The van der Waals surface area contributed by atoms with Crippen LogP contribution in [0.3, 0.4) is 0 Å². The van der Waals surface area contributed by atoms with Crippen molar-refractivity contribution in [2.24, 2.45) is 0 Å². The largest absolute Gasteiger partial charge is 0.497 e. The van der Waals surface area contributed by atoms with Crippen LogP contribution in [0.2, 0.25) is 0 Å². The van der Waals surface area contributed by atoms with Crippen LogP contribution in [0.1, 0.15) is 6.92 Å². The van der Waals surface area contributed by atoms with Crippen molar-refractivity contribution in [2.75, 3.05) is 12.9 Å². The SMILES string of the molecule is C=C(C)CSc1nnc2n(-c3cccc(OC)c3)c(=O)c3ccccc3n12. The van der Waals surface area contributed by atoms with E-state index in [1.54, 1.807) is 23.4 Å². The highest BCUT2D eigenvalue weighted by atomic mass is 32.2. The Morgan fingerprint density at radius 1 is 1.19 bits per heavy atom. The molecule has 0 saturated carbocycles. The summed E-state index contributed by atoms with van der Waals surface area (Å²) in [5.74, 6) is 1.87. The lowest BCUT2D eigenvalue weighted by Gasteiger charge is -2.12.